The fraction of sp³-hybridized carbons (Fsp3) is 0.273. The Morgan fingerprint density at radius 3 is 2.38 bits per heavy atom. The number of rotatable bonds is 2. The van der Waals surface area contributed by atoms with E-state index in [1.54, 1.807) is 20.2 Å². The molecule has 1 rings (SSSR count). The van der Waals surface area contributed by atoms with Crippen molar-refractivity contribution in [3.8, 4) is 5.75 Å². The molecule has 0 saturated heterocycles. The standard InChI is InChI=1S/C11H13NO3S/c1-7(13)9-5-4-8(6-10(9)14)16-11(15)12(2)3/h4-6,14H,1-3H3. The van der Waals surface area contributed by atoms with Crippen molar-refractivity contribution in [3.05, 3.63) is 23.8 Å². The molecule has 4 nitrogen and oxygen atoms in total. The summed E-state index contributed by atoms with van der Waals surface area (Å²) in [5.74, 6) is -0.294. The number of carbonyl (C=O) groups excluding carboxylic acids is 2. The van der Waals surface area contributed by atoms with Crippen molar-refractivity contribution < 1.29 is 14.7 Å². The highest BCUT2D eigenvalue weighted by atomic mass is 32.2. The second kappa shape index (κ2) is 5.03. The van der Waals surface area contributed by atoms with Gasteiger partial charge in [0, 0.05) is 19.0 Å². The molecule has 1 aromatic rings. The molecule has 0 atom stereocenters. The number of carbonyl (C=O) groups is 2. The smallest absolute Gasteiger partial charge is 0.285 e. The van der Waals surface area contributed by atoms with E-state index in [2.05, 4.69) is 0 Å². The number of Topliss-reactive ketones (excluding diaryl/α,β-unsaturated/α-hetero) is 1. The normalized spacial score (nSPS) is 9.94. The lowest BCUT2D eigenvalue weighted by Gasteiger charge is -2.09. The maximum atomic E-state index is 11.4. The zero-order valence-corrected chi connectivity index (χ0v) is 10.2. The van der Waals surface area contributed by atoms with Gasteiger partial charge < -0.3 is 10.0 Å². The van der Waals surface area contributed by atoms with Crippen molar-refractivity contribution in [2.24, 2.45) is 0 Å². The van der Waals surface area contributed by atoms with Crippen LogP contribution in [0.5, 0.6) is 5.75 Å². The maximum absolute atomic E-state index is 11.4. The Balaban J connectivity index is 2.90. The summed E-state index contributed by atoms with van der Waals surface area (Å²) in [7, 11) is 3.30. The second-order valence-corrected chi connectivity index (χ2v) is 4.52. The van der Waals surface area contributed by atoms with E-state index >= 15 is 0 Å². The van der Waals surface area contributed by atoms with E-state index in [-0.39, 0.29) is 22.3 Å². The van der Waals surface area contributed by atoms with Crippen LogP contribution in [0, 0.1) is 0 Å². The van der Waals surface area contributed by atoms with Crippen molar-refractivity contribution in [3.63, 3.8) is 0 Å². The predicted octanol–water partition coefficient (Wildman–Crippen LogP) is 2.37. The average molecular weight is 239 g/mol. The van der Waals surface area contributed by atoms with Gasteiger partial charge in [0.1, 0.15) is 5.75 Å². The lowest BCUT2D eigenvalue weighted by Crippen LogP contribution is -2.15. The van der Waals surface area contributed by atoms with Crippen LogP contribution in [0.2, 0.25) is 0 Å². The monoisotopic (exact) mass is 239 g/mol. The molecule has 0 aliphatic carbocycles. The Labute approximate surface area is 98.3 Å². The second-order valence-electron chi connectivity index (χ2n) is 3.50. The average Bonchev–Trinajstić information content (AvgIpc) is 2.16. The summed E-state index contributed by atoms with van der Waals surface area (Å²) < 4.78 is 0. The SMILES string of the molecule is CC(=O)c1ccc(SC(=O)N(C)C)cc1O. The summed E-state index contributed by atoms with van der Waals surface area (Å²) in [6.07, 6.45) is 0. The number of thioether (sulfide) groups is 1. The fourth-order valence-corrected chi connectivity index (χ4v) is 1.76. The van der Waals surface area contributed by atoms with Crippen LogP contribution >= 0.6 is 11.8 Å². The summed E-state index contributed by atoms with van der Waals surface area (Å²) in [6, 6.07) is 4.58. The minimum Gasteiger partial charge on any atom is -0.507 e. The van der Waals surface area contributed by atoms with Gasteiger partial charge in [-0.1, -0.05) is 0 Å². The zero-order chi connectivity index (χ0) is 12.3. The first kappa shape index (κ1) is 12.6. The van der Waals surface area contributed by atoms with Gasteiger partial charge in [-0.15, -0.1) is 0 Å². The van der Waals surface area contributed by atoms with Crippen LogP contribution in [-0.4, -0.2) is 35.1 Å². The molecule has 1 N–H and O–H groups in total. The first-order valence-corrected chi connectivity index (χ1v) is 5.46. The van der Waals surface area contributed by atoms with Gasteiger partial charge >= 0.3 is 0 Å². The molecule has 16 heavy (non-hydrogen) atoms. The summed E-state index contributed by atoms with van der Waals surface area (Å²) in [5, 5.41) is 9.42. The molecule has 0 bridgehead atoms. The van der Waals surface area contributed by atoms with Gasteiger partial charge in [0.25, 0.3) is 5.24 Å². The van der Waals surface area contributed by atoms with E-state index in [1.165, 1.54) is 24.0 Å². The van der Waals surface area contributed by atoms with E-state index in [4.69, 9.17) is 0 Å². The van der Waals surface area contributed by atoms with Crippen LogP contribution in [0.4, 0.5) is 4.79 Å². The quantitative estimate of drug-likeness (QED) is 0.636. The highest BCUT2D eigenvalue weighted by molar-refractivity contribution is 8.13. The number of aromatic hydroxyl groups is 1. The van der Waals surface area contributed by atoms with Crippen LogP contribution in [0.3, 0.4) is 0 Å². The molecular weight excluding hydrogens is 226 g/mol. The molecule has 0 aromatic heterocycles. The van der Waals surface area contributed by atoms with Crippen LogP contribution in [-0.2, 0) is 0 Å². The number of phenols is 1. The lowest BCUT2D eigenvalue weighted by molar-refractivity contribution is 0.101. The van der Waals surface area contributed by atoms with E-state index in [0.29, 0.717) is 4.90 Å². The highest BCUT2D eigenvalue weighted by Gasteiger charge is 2.10. The molecular formula is C11H13NO3S. The molecule has 0 fully saturated rings. The minimum absolute atomic E-state index is 0.0935. The Kier molecular flexibility index (Phi) is 3.95. The van der Waals surface area contributed by atoms with Crippen molar-refractivity contribution in [2.75, 3.05) is 14.1 Å². The first-order chi connectivity index (χ1) is 7.41. The molecule has 0 spiro atoms. The number of benzene rings is 1. The summed E-state index contributed by atoms with van der Waals surface area (Å²) in [4.78, 5) is 24.5. The first-order valence-electron chi connectivity index (χ1n) is 4.65. The summed E-state index contributed by atoms with van der Waals surface area (Å²) in [6.45, 7) is 1.38. The molecule has 0 saturated carbocycles. The van der Waals surface area contributed by atoms with E-state index in [0.717, 1.165) is 11.8 Å². The molecule has 0 aliphatic heterocycles. The summed E-state index contributed by atoms with van der Waals surface area (Å²) in [5.41, 5.74) is 0.265. The van der Waals surface area contributed by atoms with Gasteiger partial charge in [-0.05, 0) is 36.9 Å². The third-order valence-electron chi connectivity index (χ3n) is 1.92. The van der Waals surface area contributed by atoms with Crippen LogP contribution in [0.25, 0.3) is 0 Å². The number of phenolic OH excluding ortho intramolecular Hbond substituents is 1. The Bertz CT molecular complexity index is 429. The Hall–Kier alpha value is -1.49. The highest BCUT2D eigenvalue weighted by Crippen LogP contribution is 2.27. The van der Waals surface area contributed by atoms with Crippen molar-refractivity contribution in [2.45, 2.75) is 11.8 Å². The maximum Gasteiger partial charge on any atom is 0.285 e. The molecule has 86 valence electrons. The van der Waals surface area contributed by atoms with Gasteiger partial charge in [0.2, 0.25) is 0 Å². The molecule has 1 amide bonds. The van der Waals surface area contributed by atoms with Gasteiger partial charge in [0.15, 0.2) is 5.78 Å². The van der Waals surface area contributed by atoms with Crippen molar-refractivity contribution in [1.29, 1.82) is 0 Å². The number of nitrogens with zero attached hydrogens (tertiary/aromatic N) is 1. The number of ketones is 1. The summed E-state index contributed by atoms with van der Waals surface area (Å²) >= 11 is 1.00. The van der Waals surface area contributed by atoms with Crippen LogP contribution in [0.1, 0.15) is 17.3 Å². The third kappa shape index (κ3) is 3.00. The van der Waals surface area contributed by atoms with Crippen LogP contribution in [0.15, 0.2) is 23.1 Å². The number of amides is 1. The number of hydrogen-bond acceptors (Lipinski definition) is 4. The zero-order valence-electron chi connectivity index (χ0n) is 9.35. The van der Waals surface area contributed by atoms with Gasteiger partial charge in [-0.3, -0.25) is 9.59 Å². The lowest BCUT2D eigenvalue weighted by atomic mass is 10.1. The molecule has 0 radical (unpaired) electrons. The molecule has 0 aliphatic rings. The van der Waals surface area contributed by atoms with E-state index in [9.17, 15) is 14.7 Å². The number of hydrogen-bond donors (Lipinski definition) is 1. The molecule has 0 heterocycles. The van der Waals surface area contributed by atoms with Gasteiger partial charge in [-0.2, -0.15) is 0 Å². The topological polar surface area (TPSA) is 57.6 Å². The Morgan fingerprint density at radius 2 is 1.94 bits per heavy atom. The van der Waals surface area contributed by atoms with Crippen molar-refractivity contribution in [1.82, 2.24) is 4.90 Å². The van der Waals surface area contributed by atoms with E-state index in [1.807, 2.05) is 0 Å². The molecule has 1 aromatic carbocycles. The largest absolute Gasteiger partial charge is 0.507 e. The van der Waals surface area contributed by atoms with Gasteiger partial charge in [0.05, 0.1) is 5.56 Å². The predicted molar refractivity (Wildman–Crippen MR) is 63.1 cm³/mol. The van der Waals surface area contributed by atoms with Crippen LogP contribution < -0.4 is 0 Å². The molecule has 0 unspecified atom stereocenters. The van der Waals surface area contributed by atoms with E-state index < -0.39 is 0 Å². The van der Waals surface area contributed by atoms with Gasteiger partial charge in [-0.25, -0.2) is 0 Å². The van der Waals surface area contributed by atoms with Crippen molar-refractivity contribution >= 4 is 22.8 Å². The third-order valence-corrected chi connectivity index (χ3v) is 2.95. The Morgan fingerprint density at radius 1 is 1.31 bits per heavy atom. The minimum atomic E-state index is -0.201. The fourth-order valence-electron chi connectivity index (χ4n) is 1.06. The molecule has 5 heteroatoms.